The zero-order valence-corrected chi connectivity index (χ0v) is 16.9. The quantitative estimate of drug-likeness (QED) is 0.311. The second-order valence-electron chi connectivity index (χ2n) is 6.31. The molecule has 0 aliphatic carbocycles. The maximum Gasteiger partial charge on any atom is 0.307 e. The van der Waals surface area contributed by atoms with E-state index in [4.69, 9.17) is 9.15 Å². The summed E-state index contributed by atoms with van der Waals surface area (Å²) in [5.74, 6) is 0.547. The highest BCUT2D eigenvalue weighted by Gasteiger charge is 2.11. The molecule has 4 aromatic rings. The largest absolute Gasteiger partial charge is 0.488 e. The van der Waals surface area contributed by atoms with Crippen molar-refractivity contribution >= 4 is 39.0 Å². The van der Waals surface area contributed by atoms with Crippen LogP contribution in [0.5, 0.6) is 5.75 Å². The lowest BCUT2D eigenvalue weighted by molar-refractivity contribution is 0.0929. The van der Waals surface area contributed by atoms with Gasteiger partial charge < -0.3 is 9.15 Å². The molecule has 0 saturated carbocycles. The third-order valence-electron chi connectivity index (χ3n) is 4.22. The minimum atomic E-state index is -0.403. The highest BCUT2D eigenvalue weighted by molar-refractivity contribution is 9.10. The SMILES string of the molecule is O=C(N/N=C/c1ccc(OCc2ccccc2)c(Br)c1)c1cc2ccccc2o1. The fourth-order valence-electron chi connectivity index (χ4n) is 2.76. The number of fused-ring (bicyclic) bond motifs is 1. The number of ether oxygens (including phenoxy) is 1. The van der Waals surface area contributed by atoms with E-state index in [1.54, 1.807) is 12.3 Å². The van der Waals surface area contributed by atoms with E-state index in [1.165, 1.54) is 0 Å². The normalized spacial score (nSPS) is 11.1. The number of benzene rings is 3. The van der Waals surface area contributed by atoms with E-state index in [9.17, 15) is 4.79 Å². The molecule has 1 heterocycles. The molecular formula is C23H17BrN2O3. The third kappa shape index (κ3) is 4.73. The van der Waals surface area contributed by atoms with Gasteiger partial charge in [-0.25, -0.2) is 5.43 Å². The Hall–Kier alpha value is -3.38. The summed E-state index contributed by atoms with van der Waals surface area (Å²) in [6, 6.07) is 24.7. The summed E-state index contributed by atoms with van der Waals surface area (Å²) in [5.41, 5.74) is 5.05. The van der Waals surface area contributed by atoms with Crippen LogP contribution in [0, 0.1) is 0 Å². The molecule has 0 aliphatic rings. The molecule has 1 amide bonds. The van der Waals surface area contributed by atoms with Crippen LogP contribution in [0.1, 0.15) is 21.7 Å². The van der Waals surface area contributed by atoms with Gasteiger partial charge in [-0.05, 0) is 57.4 Å². The maximum atomic E-state index is 12.2. The van der Waals surface area contributed by atoms with Crippen molar-refractivity contribution in [1.29, 1.82) is 0 Å². The van der Waals surface area contributed by atoms with Gasteiger partial charge in [-0.2, -0.15) is 5.10 Å². The Morgan fingerprint density at radius 3 is 2.62 bits per heavy atom. The van der Waals surface area contributed by atoms with E-state index in [-0.39, 0.29) is 5.76 Å². The molecule has 0 spiro atoms. The van der Waals surface area contributed by atoms with Gasteiger partial charge in [0.2, 0.25) is 0 Å². The smallest absolute Gasteiger partial charge is 0.307 e. The average Bonchev–Trinajstić information content (AvgIpc) is 3.18. The zero-order chi connectivity index (χ0) is 20.1. The lowest BCUT2D eigenvalue weighted by Crippen LogP contribution is -2.16. The Labute approximate surface area is 176 Å². The van der Waals surface area contributed by atoms with Crippen molar-refractivity contribution in [3.8, 4) is 5.75 Å². The van der Waals surface area contributed by atoms with Gasteiger partial charge in [0, 0.05) is 5.39 Å². The van der Waals surface area contributed by atoms with E-state index in [0.29, 0.717) is 12.2 Å². The first-order valence-electron chi connectivity index (χ1n) is 8.97. The lowest BCUT2D eigenvalue weighted by atomic mass is 10.2. The van der Waals surface area contributed by atoms with Crippen LogP contribution in [0.25, 0.3) is 11.0 Å². The predicted octanol–water partition coefficient (Wildman–Crippen LogP) is 5.54. The average molecular weight is 449 g/mol. The Bertz CT molecular complexity index is 1140. The first kappa shape index (κ1) is 19.0. The molecule has 0 radical (unpaired) electrons. The van der Waals surface area contributed by atoms with Crippen molar-refractivity contribution in [1.82, 2.24) is 5.43 Å². The van der Waals surface area contributed by atoms with Crippen molar-refractivity contribution < 1.29 is 13.9 Å². The number of hydrogen-bond donors (Lipinski definition) is 1. The van der Waals surface area contributed by atoms with Crippen molar-refractivity contribution in [2.75, 3.05) is 0 Å². The van der Waals surface area contributed by atoms with Gasteiger partial charge in [0.15, 0.2) is 5.76 Å². The zero-order valence-electron chi connectivity index (χ0n) is 15.3. The van der Waals surface area contributed by atoms with Gasteiger partial charge in [0.25, 0.3) is 0 Å². The number of hydrazone groups is 1. The van der Waals surface area contributed by atoms with E-state index < -0.39 is 5.91 Å². The highest BCUT2D eigenvalue weighted by atomic mass is 79.9. The second-order valence-corrected chi connectivity index (χ2v) is 7.17. The van der Waals surface area contributed by atoms with Crippen LogP contribution in [-0.2, 0) is 6.61 Å². The molecule has 144 valence electrons. The summed E-state index contributed by atoms with van der Waals surface area (Å²) < 4.78 is 12.2. The molecule has 0 atom stereocenters. The number of amides is 1. The first-order valence-corrected chi connectivity index (χ1v) is 9.76. The highest BCUT2D eigenvalue weighted by Crippen LogP contribution is 2.26. The number of carbonyl (C=O) groups is 1. The van der Waals surface area contributed by atoms with E-state index >= 15 is 0 Å². The second kappa shape index (κ2) is 8.75. The number of furan rings is 1. The maximum absolute atomic E-state index is 12.2. The molecule has 0 fully saturated rings. The van der Waals surface area contributed by atoms with E-state index in [1.807, 2.05) is 72.8 Å². The van der Waals surface area contributed by atoms with E-state index in [0.717, 1.165) is 26.7 Å². The predicted molar refractivity (Wildman–Crippen MR) is 116 cm³/mol. The van der Waals surface area contributed by atoms with Crippen LogP contribution in [0.3, 0.4) is 0 Å². The van der Waals surface area contributed by atoms with Crippen molar-refractivity contribution in [2.24, 2.45) is 5.10 Å². The summed E-state index contributed by atoms with van der Waals surface area (Å²) in [6.07, 6.45) is 1.56. The standard InChI is InChI=1S/C23H17BrN2O3/c24-19-12-17(10-11-21(19)28-15-16-6-2-1-3-7-16)14-25-26-23(27)22-13-18-8-4-5-9-20(18)29-22/h1-14H,15H2,(H,26,27)/b25-14+. The fourth-order valence-corrected chi connectivity index (χ4v) is 3.28. The van der Waals surface area contributed by atoms with Gasteiger partial charge in [-0.15, -0.1) is 0 Å². The minimum absolute atomic E-state index is 0.217. The first-order chi connectivity index (χ1) is 14.2. The summed E-state index contributed by atoms with van der Waals surface area (Å²) in [7, 11) is 0. The molecule has 1 aromatic heterocycles. The third-order valence-corrected chi connectivity index (χ3v) is 4.84. The van der Waals surface area contributed by atoms with Crippen LogP contribution in [0.4, 0.5) is 0 Å². The minimum Gasteiger partial charge on any atom is -0.488 e. The Balaban J connectivity index is 1.36. The van der Waals surface area contributed by atoms with E-state index in [2.05, 4.69) is 26.5 Å². The number of nitrogens with zero attached hydrogens (tertiary/aromatic N) is 1. The molecule has 1 N–H and O–H groups in total. The van der Waals surface area contributed by atoms with Crippen LogP contribution < -0.4 is 10.2 Å². The van der Waals surface area contributed by atoms with Crippen molar-refractivity contribution in [2.45, 2.75) is 6.61 Å². The fraction of sp³-hybridized carbons (Fsp3) is 0.0435. The molecule has 0 bridgehead atoms. The number of nitrogens with one attached hydrogen (secondary N) is 1. The summed E-state index contributed by atoms with van der Waals surface area (Å²) in [4.78, 5) is 12.2. The molecule has 0 aliphatic heterocycles. The molecule has 0 saturated heterocycles. The molecule has 5 nitrogen and oxygen atoms in total. The molecule has 4 rings (SSSR count). The Morgan fingerprint density at radius 2 is 1.83 bits per heavy atom. The molecular weight excluding hydrogens is 432 g/mol. The van der Waals surface area contributed by atoms with Gasteiger partial charge in [-0.3, -0.25) is 4.79 Å². The molecule has 3 aromatic carbocycles. The van der Waals surface area contributed by atoms with Gasteiger partial charge >= 0.3 is 5.91 Å². The molecule has 0 unspecified atom stereocenters. The van der Waals surface area contributed by atoms with Gasteiger partial charge in [0.05, 0.1) is 10.7 Å². The van der Waals surface area contributed by atoms with Crippen LogP contribution >= 0.6 is 15.9 Å². The number of rotatable bonds is 6. The van der Waals surface area contributed by atoms with Crippen molar-refractivity contribution in [3.05, 3.63) is 100 Å². The van der Waals surface area contributed by atoms with Crippen LogP contribution in [0.2, 0.25) is 0 Å². The molecule has 6 heteroatoms. The van der Waals surface area contributed by atoms with Crippen molar-refractivity contribution in [3.63, 3.8) is 0 Å². The summed E-state index contributed by atoms with van der Waals surface area (Å²) in [5, 5.41) is 4.88. The van der Waals surface area contributed by atoms with Gasteiger partial charge in [-0.1, -0.05) is 48.5 Å². The number of hydrogen-bond acceptors (Lipinski definition) is 4. The lowest BCUT2D eigenvalue weighted by Gasteiger charge is -2.08. The topological polar surface area (TPSA) is 63.8 Å². The summed E-state index contributed by atoms with van der Waals surface area (Å²) >= 11 is 3.51. The Kier molecular flexibility index (Phi) is 5.72. The monoisotopic (exact) mass is 448 g/mol. The van der Waals surface area contributed by atoms with Gasteiger partial charge in [0.1, 0.15) is 17.9 Å². The van der Waals surface area contributed by atoms with Crippen LogP contribution in [-0.4, -0.2) is 12.1 Å². The number of para-hydroxylation sites is 1. The van der Waals surface area contributed by atoms with Crippen LogP contribution in [0.15, 0.2) is 92.9 Å². The summed E-state index contributed by atoms with van der Waals surface area (Å²) in [6.45, 7) is 0.487. The Morgan fingerprint density at radius 1 is 1.03 bits per heavy atom. The number of halogens is 1. The number of carbonyl (C=O) groups excluding carboxylic acids is 1. The molecule has 29 heavy (non-hydrogen) atoms.